The molecule has 0 saturated carbocycles. The Morgan fingerprint density at radius 1 is 0.600 bits per heavy atom. The first-order valence-electron chi connectivity index (χ1n) is 16.8. The fourth-order valence-corrected chi connectivity index (χ4v) is 7.00. The Hall–Kier alpha value is -3.29. The number of rotatable bonds is 14. The second-order valence-electron chi connectivity index (χ2n) is 12.5. The van der Waals surface area contributed by atoms with Crippen molar-refractivity contribution in [1.29, 1.82) is 0 Å². The van der Waals surface area contributed by atoms with Crippen LogP contribution in [0.4, 0.5) is 17.3 Å². The molecule has 0 spiro atoms. The van der Waals surface area contributed by atoms with Crippen molar-refractivity contribution in [2.45, 2.75) is 110 Å². The monoisotopic (exact) mass is 626 g/mol. The van der Waals surface area contributed by atoms with Crippen LogP contribution in [0, 0.1) is 0 Å². The van der Waals surface area contributed by atoms with Gasteiger partial charge >= 0.3 is 14.2 Å². The molecule has 10 heteroatoms. The molecular weight excluding hydrogens is 582 g/mol. The molecule has 2 aliphatic heterocycles. The van der Waals surface area contributed by atoms with E-state index in [1.165, 1.54) is 0 Å². The highest BCUT2D eigenvalue weighted by Gasteiger charge is 2.54. The second kappa shape index (κ2) is 13.6. The van der Waals surface area contributed by atoms with Gasteiger partial charge in [-0.15, -0.1) is 0 Å². The minimum Gasteiger partial charge on any atom is -0.572 e. The summed E-state index contributed by atoms with van der Waals surface area (Å²) >= 11 is 0. The van der Waals surface area contributed by atoms with Crippen LogP contribution in [0.3, 0.4) is 0 Å². The molecule has 1 aliphatic carbocycles. The first-order valence-corrected chi connectivity index (χ1v) is 16.8. The van der Waals surface area contributed by atoms with Gasteiger partial charge in [-0.25, -0.2) is 0 Å². The van der Waals surface area contributed by atoms with E-state index in [4.69, 9.17) is 18.0 Å². The highest BCUT2D eigenvalue weighted by molar-refractivity contribution is 6.51. The number of benzene rings is 2. The van der Waals surface area contributed by atoms with Crippen LogP contribution in [0.15, 0.2) is 60.1 Å². The Morgan fingerprint density at radius 2 is 1.02 bits per heavy atom. The summed E-state index contributed by atoms with van der Waals surface area (Å²) in [4.78, 5) is 0. The smallest absolute Gasteiger partial charge is 0.572 e. The summed E-state index contributed by atoms with van der Waals surface area (Å²) in [5.74, 6) is 0.650. The molecule has 3 aliphatic rings. The topological polar surface area (TPSA) is 41.1 Å². The number of hydrogen-bond donors (Lipinski definition) is 0. The van der Waals surface area contributed by atoms with E-state index in [0.717, 1.165) is 73.6 Å². The number of fused-ring (bicyclic) bond motifs is 3. The average Bonchev–Trinajstić information content (AvgIpc) is 3.24. The van der Waals surface area contributed by atoms with Crippen LogP contribution in [-0.2, 0) is 14.7 Å². The lowest BCUT2D eigenvalue weighted by Crippen LogP contribution is -2.32. The third-order valence-corrected chi connectivity index (χ3v) is 9.03. The van der Waals surface area contributed by atoms with Gasteiger partial charge in [0.1, 0.15) is 0 Å². The molecule has 45 heavy (non-hydrogen) atoms. The quantitative estimate of drug-likeness (QED) is 0.0906. The van der Waals surface area contributed by atoms with Crippen LogP contribution in [0.5, 0.6) is 0 Å². The van der Waals surface area contributed by atoms with Crippen molar-refractivity contribution in [3.05, 3.63) is 82.3 Å². The van der Waals surface area contributed by atoms with Gasteiger partial charge in [0.05, 0.1) is 34.8 Å². The van der Waals surface area contributed by atoms with Crippen LogP contribution in [0.2, 0.25) is 0 Å². The zero-order chi connectivity index (χ0) is 32.2. The third-order valence-electron chi connectivity index (χ3n) is 9.03. The molecule has 2 aromatic carbocycles. The summed E-state index contributed by atoms with van der Waals surface area (Å²) in [5, 5.41) is 0. The zero-order valence-electron chi connectivity index (χ0n) is 26.9. The van der Waals surface area contributed by atoms with Gasteiger partial charge in [0.15, 0.2) is 0 Å². The van der Waals surface area contributed by atoms with Crippen LogP contribution in [0.25, 0.3) is 11.1 Å². The summed E-state index contributed by atoms with van der Waals surface area (Å²) in [6, 6.07) is 11.7. The van der Waals surface area contributed by atoms with E-state index >= 15 is 0 Å². The SMILES string of the molecule is CCCCCC1(CCCCC)c2cc(C3=[O+][B-](F)(F)OC(CCC)=C3)ccc2-c2ccc(C3=[O+][B-](F)(F)OC(CCC)=C3)cc21. The highest BCUT2D eigenvalue weighted by atomic mass is 19.3. The average molecular weight is 626 g/mol. The molecule has 0 unspecified atom stereocenters. The summed E-state index contributed by atoms with van der Waals surface area (Å²) in [6.45, 7) is 8.16. The number of carbonyl (C=O) groups excluding carboxylic acids is 2. The second-order valence-corrected chi connectivity index (χ2v) is 12.5. The van der Waals surface area contributed by atoms with Gasteiger partial charge in [-0.1, -0.05) is 78.4 Å². The molecule has 2 heterocycles. The number of hydrogen-bond acceptors (Lipinski definition) is 2. The Labute approximate surface area is 264 Å². The molecule has 242 valence electrons. The fraction of sp³-hybridized carbons (Fsp3) is 0.486. The molecule has 0 radical (unpaired) electrons. The molecular formula is C35H44B2F4O4. The standard InChI is InChI=1S/C35H44B2F4O4/c1-5-9-11-19-35(20-12-10-6-2)31-21-25(33-23-27(13-7-3)42-36(38,39)44-33)15-17-29(31)30-18-16-26(22-32(30)35)34-24-28(14-8-4)43-37(40,41)45-34/h15-18,21-24H,5-14,19-20H2,1-4H3. The summed E-state index contributed by atoms with van der Waals surface area (Å²) < 4.78 is 78.3. The van der Waals surface area contributed by atoms with Crippen LogP contribution in [-0.4, -0.2) is 25.8 Å². The minimum absolute atomic E-state index is 0.106. The predicted octanol–water partition coefficient (Wildman–Crippen LogP) is 10.7. The van der Waals surface area contributed by atoms with Gasteiger partial charge < -0.3 is 35.3 Å². The van der Waals surface area contributed by atoms with Crippen LogP contribution >= 0.6 is 0 Å². The van der Waals surface area contributed by atoms with E-state index in [0.29, 0.717) is 36.8 Å². The lowest BCUT2D eigenvalue weighted by molar-refractivity contribution is -0.191. The molecule has 2 aromatic rings. The van der Waals surface area contributed by atoms with Gasteiger partial charge in [0.2, 0.25) is 0 Å². The Balaban J connectivity index is 1.67. The minimum atomic E-state index is -4.48. The maximum atomic E-state index is 14.6. The van der Waals surface area contributed by atoms with Crippen molar-refractivity contribution < 1.29 is 35.3 Å². The van der Waals surface area contributed by atoms with Gasteiger partial charge in [-0.2, -0.15) is 0 Å². The van der Waals surface area contributed by atoms with Crippen molar-refractivity contribution in [2.24, 2.45) is 0 Å². The van der Waals surface area contributed by atoms with Gasteiger partial charge in [-0.3, -0.25) is 0 Å². The number of unbranched alkanes of at least 4 members (excludes halogenated alkanes) is 4. The molecule has 0 aromatic heterocycles. The molecule has 0 atom stereocenters. The molecule has 4 nitrogen and oxygen atoms in total. The third kappa shape index (κ3) is 7.10. The number of allylic oxidation sites excluding steroid dienone is 4. The van der Waals surface area contributed by atoms with E-state index < -0.39 is 19.6 Å². The fourth-order valence-electron chi connectivity index (χ4n) is 7.00. The normalized spacial score (nSPS) is 18.9. The van der Waals surface area contributed by atoms with E-state index in [9.17, 15) is 17.3 Å². The zero-order valence-corrected chi connectivity index (χ0v) is 26.9. The molecule has 5 rings (SSSR count). The molecule has 0 saturated heterocycles. The number of halogens is 4. The Bertz CT molecular complexity index is 1420. The molecule has 0 fully saturated rings. The van der Waals surface area contributed by atoms with Crippen molar-refractivity contribution in [3.8, 4) is 11.1 Å². The van der Waals surface area contributed by atoms with E-state index in [1.54, 1.807) is 12.2 Å². The van der Waals surface area contributed by atoms with Crippen LogP contribution < -0.4 is 0 Å². The van der Waals surface area contributed by atoms with Crippen LogP contribution in [0.1, 0.15) is 136 Å². The van der Waals surface area contributed by atoms with Crippen molar-refractivity contribution in [3.63, 3.8) is 0 Å². The summed E-state index contributed by atoms with van der Waals surface area (Å²) in [7, 11) is -8.95. The predicted molar refractivity (Wildman–Crippen MR) is 174 cm³/mol. The molecule has 0 bridgehead atoms. The van der Waals surface area contributed by atoms with E-state index in [1.807, 2.05) is 50.2 Å². The van der Waals surface area contributed by atoms with Gasteiger partial charge in [0, 0.05) is 18.3 Å². The Morgan fingerprint density at radius 3 is 1.40 bits per heavy atom. The molecule has 0 N–H and O–H groups in total. The number of ketones is 2. The van der Waals surface area contributed by atoms with Crippen molar-refractivity contribution in [2.75, 3.05) is 0 Å². The highest BCUT2D eigenvalue weighted by Crippen LogP contribution is 2.55. The molecule has 0 amide bonds. The van der Waals surface area contributed by atoms with Crippen molar-refractivity contribution >= 4 is 25.8 Å². The Kier molecular flexibility index (Phi) is 10.00. The first-order chi connectivity index (χ1) is 21.5. The summed E-state index contributed by atoms with van der Waals surface area (Å²) in [6.07, 6.45) is 13.1. The van der Waals surface area contributed by atoms with E-state index in [2.05, 4.69) is 13.8 Å². The summed E-state index contributed by atoms with van der Waals surface area (Å²) in [5.41, 5.74) is 4.93. The largest absolute Gasteiger partial charge is 0.994 e. The maximum Gasteiger partial charge on any atom is 0.994 e. The van der Waals surface area contributed by atoms with Gasteiger partial charge in [0.25, 0.3) is 11.6 Å². The first kappa shape index (κ1) is 33.1. The van der Waals surface area contributed by atoms with Crippen molar-refractivity contribution in [1.82, 2.24) is 0 Å². The van der Waals surface area contributed by atoms with Gasteiger partial charge in [-0.05, 0) is 72.2 Å². The lowest BCUT2D eigenvalue weighted by atomic mass is 9.70. The maximum absolute atomic E-state index is 14.6. The lowest BCUT2D eigenvalue weighted by Gasteiger charge is -2.33. The van der Waals surface area contributed by atoms with E-state index in [-0.39, 0.29) is 23.1 Å².